The van der Waals surface area contributed by atoms with Crippen molar-refractivity contribution in [2.75, 3.05) is 6.61 Å². The van der Waals surface area contributed by atoms with E-state index in [0.717, 1.165) is 0 Å². The number of hydrogen-bond donors (Lipinski definition) is 1. The maximum Gasteiger partial charge on any atom is 0.392 e. The number of fused-ring (bicyclic) bond motifs is 1. The largest absolute Gasteiger partial charge is 0.464 e. The highest BCUT2D eigenvalue weighted by Gasteiger charge is 2.27. The second kappa shape index (κ2) is 6.40. The summed E-state index contributed by atoms with van der Waals surface area (Å²) in [6.45, 7) is -0.639. The molecule has 3 aromatic rings. The van der Waals surface area contributed by atoms with Crippen molar-refractivity contribution in [2.24, 2.45) is 7.05 Å². The lowest BCUT2D eigenvalue weighted by Crippen LogP contribution is -2.16. The Morgan fingerprint density at radius 1 is 1.24 bits per heavy atom. The van der Waals surface area contributed by atoms with Gasteiger partial charge in [-0.1, -0.05) is 11.6 Å². The summed E-state index contributed by atoms with van der Waals surface area (Å²) in [5.74, 6) is 0.470. The van der Waals surface area contributed by atoms with Crippen molar-refractivity contribution >= 4 is 22.8 Å². The number of aromatic amines is 1. The van der Waals surface area contributed by atoms with E-state index >= 15 is 0 Å². The summed E-state index contributed by atoms with van der Waals surface area (Å²) in [6.07, 6.45) is -5.49. The molecule has 0 aliphatic heterocycles. The summed E-state index contributed by atoms with van der Waals surface area (Å²) >= 11 is 5.85. The zero-order chi connectivity index (χ0) is 18.2. The molecule has 25 heavy (non-hydrogen) atoms. The third-order valence-electron chi connectivity index (χ3n) is 3.43. The molecule has 1 N–H and O–H groups in total. The van der Waals surface area contributed by atoms with Gasteiger partial charge in [-0.25, -0.2) is 4.98 Å². The number of aromatic nitrogens is 4. The molecular formula is C15H12ClF3N4O2. The summed E-state index contributed by atoms with van der Waals surface area (Å²) in [4.78, 5) is 22.7. The minimum absolute atomic E-state index is 0.0654. The highest BCUT2D eigenvalue weighted by Crippen LogP contribution is 2.24. The summed E-state index contributed by atoms with van der Waals surface area (Å²) in [5, 5.41) is 0.554. The van der Waals surface area contributed by atoms with E-state index in [1.54, 1.807) is 35.9 Å². The van der Waals surface area contributed by atoms with E-state index in [4.69, 9.17) is 16.3 Å². The molecule has 0 spiro atoms. The molecule has 6 nitrogen and oxygen atoms in total. The van der Waals surface area contributed by atoms with Gasteiger partial charge in [0.1, 0.15) is 12.4 Å². The van der Waals surface area contributed by atoms with Crippen LogP contribution in [0.5, 0.6) is 6.01 Å². The van der Waals surface area contributed by atoms with Gasteiger partial charge in [0.05, 0.1) is 6.42 Å². The molecule has 0 saturated heterocycles. The number of H-pyrrole nitrogens is 1. The van der Waals surface area contributed by atoms with E-state index in [0.29, 0.717) is 16.4 Å². The predicted octanol–water partition coefficient (Wildman–Crippen LogP) is 3.31. The zero-order valence-corrected chi connectivity index (χ0v) is 13.6. The van der Waals surface area contributed by atoms with Crippen LogP contribution in [-0.2, 0) is 7.05 Å². The normalized spacial score (nSPS) is 11.9. The molecule has 0 amide bonds. The quantitative estimate of drug-likeness (QED) is 0.762. The van der Waals surface area contributed by atoms with Gasteiger partial charge in [-0.05, 0) is 24.3 Å². The van der Waals surface area contributed by atoms with Crippen LogP contribution >= 0.6 is 11.6 Å². The lowest BCUT2D eigenvalue weighted by molar-refractivity contribution is -0.139. The fourth-order valence-corrected chi connectivity index (χ4v) is 2.37. The fraction of sp³-hybridized carbons (Fsp3) is 0.267. The average Bonchev–Trinajstić information content (AvgIpc) is 2.85. The molecule has 0 bridgehead atoms. The summed E-state index contributed by atoms with van der Waals surface area (Å²) in [6, 6.07) is 6.54. The summed E-state index contributed by atoms with van der Waals surface area (Å²) in [5.41, 5.74) is 0.387. The van der Waals surface area contributed by atoms with Gasteiger partial charge in [-0.15, -0.1) is 0 Å². The monoisotopic (exact) mass is 372 g/mol. The van der Waals surface area contributed by atoms with Crippen LogP contribution in [0.15, 0.2) is 29.1 Å². The first-order chi connectivity index (χ1) is 11.7. The molecule has 0 fully saturated rings. The number of nitrogens with one attached hydrogen (secondary N) is 1. The molecule has 0 atom stereocenters. The number of benzene rings is 1. The standard InChI is InChI=1S/C15H12ClF3N4O2/c1-23-11(8-2-4-9(16)5-3-8)20-10-12(23)21-14(22-13(10)24)25-7-6-15(17,18)19/h2-5H,6-7H2,1H3,(H,21,22,24). The average molecular weight is 373 g/mol. The molecule has 0 radical (unpaired) electrons. The molecule has 0 aliphatic rings. The van der Waals surface area contributed by atoms with E-state index in [2.05, 4.69) is 15.0 Å². The van der Waals surface area contributed by atoms with E-state index in [1.807, 2.05) is 0 Å². The Labute approximate surface area is 144 Å². The van der Waals surface area contributed by atoms with Crippen molar-refractivity contribution in [3.63, 3.8) is 0 Å². The molecule has 0 aliphatic carbocycles. The minimum atomic E-state index is -4.35. The Balaban J connectivity index is 1.96. The lowest BCUT2D eigenvalue weighted by atomic mass is 10.2. The molecule has 2 heterocycles. The first kappa shape index (κ1) is 17.3. The Hall–Kier alpha value is -2.55. The first-order valence-electron chi connectivity index (χ1n) is 7.17. The number of rotatable bonds is 4. The molecule has 0 unspecified atom stereocenters. The van der Waals surface area contributed by atoms with Gasteiger partial charge in [-0.3, -0.25) is 9.78 Å². The zero-order valence-electron chi connectivity index (χ0n) is 12.9. The second-order valence-corrected chi connectivity index (χ2v) is 5.69. The number of imidazole rings is 1. The van der Waals surface area contributed by atoms with E-state index in [-0.39, 0.29) is 17.2 Å². The predicted molar refractivity (Wildman–Crippen MR) is 85.7 cm³/mol. The number of aryl methyl sites for hydroxylation is 1. The van der Waals surface area contributed by atoms with Gasteiger partial charge < -0.3 is 9.30 Å². The van der Waals surface area contributed by atoms with Gasteiger partial charge in [0.2, 0.25) is 0 Å². The van der Waals surface area contributed by atoms with Crippen molar-refractivity contribution in [3.8, 4) is 17.4 Å². The van der Waals surface area contributed by atoms with E-state index < -0.39 is 24.8 Å². The number of alkyl halides is 3. The van der Waals surface area contributed by atoms with Crippen LogP contribution < -0.4 is 10.3 Å². The molecule has 10 heteroatoms. The fourth-order valence-electron chi connectivity index (χ4n) is 2.24. The van der Waals surface area contributed by atoms with E-state index in [9.17, 15) is 18.0 Å². The number of hydrogen-bond acceptors (Lipinski definition) is 4. The summed E-state index contributed by atoms with van der Waals surface area (Å²) in [7, 11) is 1.64. The van der Waals surface area contributed by atoms with Crippen LogP contribution in [-0.4, -0.2) is 32.3 Å². The Morgan fingerprint density at radius 2 is 1.92 bits per heavy atom. The van der Waals surface area contributed by atoms with Crippen LogP contribution in [0.2, 0.25) is 5.02 Å². The van der Waals surface area contributed by atoms with Crippen molar-refractivity contribution in [1.82, 2.24) is 19.5 Å². The molecular weight excluding hydrogens is 361 g/mol. The molecule has 3 rings (SSSR count). The molecule has 132 valence electrons. The van der Waals surface area contributed by atoms with Gasteiger partial charge in [-0.2, -0.15) is 18.2 Å². The Bertz CT molecular complexity index is 964. The molecule has 0 saturated carbocycles. The van der Waals surface area contributed by atoms with Crippen molar-refractivity contribution in [2.45, 2.75) is 12.6 Å². The smallest absolute Gasteiger partial charge is 0.392 e. The third kappa shape index (κ3) is 3.76. The van der Waals surface area contributed by atoms with Crippen LogP contribution in [0.4, 0.5) is 13.2 Å². The topological polar surface area (TPSA) is 72.8 Å². The maximum atomic E-state index is 12.2. The van der Waals surface area contributed by atoms with Crippen LogP contribution in [0.3, 0.4) is 0 Å². The number of nitrogens with zero attached hydrogens (tertiary/aromatic N) is 3. The Kier molecular flexibility index (Phi) is 4.42. The third-order valence-corrected chi connectivity index (χ3v) is 3.69. The second-order valence-electron chi connectivity index (χ2n) is 5.26. The number of halogens is 4. The van der Waals surface area contributed by atoms with Crippen LogP contribution in [0, 0.1) is 0 Å². The van der Waals surface area contributed by atoms with Crippen LogP contribution in [0.1, 0.15) is 6.42 Å². The number of ether oxygens (including phenoxy) is 1. The first-order valence-corrected chi connectivity index (χ1v) is 7.54. The highest BCUT2D eigenvalue weighted by atomic mass is 35.5. The van der Waals surface area contributed by atoms with Gasteiger partial charge in [0.15, 0.2) is 11.2 Å². The maximum absolute atomic E-state index is 12.2. The van der Waals surface area contributed by atoms with Gasteiger partial charge >= 0.3 is 6.18 Å². The molecule has 1 aromatic carbocycles. The Morgan fingerprint density at radius 3 is 2.56 bits per heavy atom. The SMILES string of the molecule is Cn1c(-c2ccc(Cl)cc2)nc2c(=O)[nH]c(OCCC(F)(F)F)nc21. The summed E-state index contributed by atoms with van der Waals surface area (Å²) < 4.78 is 43.0. The van der Waals surface area contributed by atoms with Gasteiger partial charge in [0.25, 0.3) is 11.6 Å². The van der Waals surface area contributed by atoms with Gasteiger partial charge in [0, 0.05) is 17.6 Å². The van der Waals surface area contributed by atoms with Crippen molar-refractivity contribution in [3.05, 3.63) is 39.6 Å². The lowest BCUT2D eigenvalue weighted by Gasteiger charge is -2.07. The highest BCUT2D eigenvalue weighted by molar-refractivity contribution is 6.30. The molecule has 2 aromatic heterocycles. The van der Waals surface area contributed by atoms with Crippen molar-refractivity contribution in [1.29, 1.82) is 0 Å². The van der Waals surface area contributed by atoms with Crippen molar-refractivity contribution < 1.29 is 17.9 Å². The van der Waals surface area contributed by atoms with E-state index in [1.165, 1.54) is 0 Å². The van der Waals surface area contributed by atoms with Crippen LogP contribution in [0.25, 0.3) is 22.6 Å². The minimum Gasteiger partial charge on any atom is -0.464 e.